The van der Waals surface area contributed by atoms with Crippen LogP contribution in [0.2, 0.25) is 0 Å². The summed E-state index contributed by atoms with van der Waals surface area (Å²) in [6, 6.07) is 0. The van der Waals surface area contributed by atoms with E-state index in [2.05, 4.69) is 6.92 Å². The van der Waals surface area contributed by atoms with Gasteiger partial charge in [0.2, 0.25) is 5.91 Å². The first-order valence-corrected chi connectivity index (χ1v) is 6.44. The minimum atomic E-state index is -0.313. The number of hydrogen-bond acceptors (Lipinski definition) is 2. The first-order chi connectivity index (χ1) is 7.45. The topological polar surface area (TPSA) is 46.3 Å². The molecule has 0 aromatic heterocycles. The number of nitrogens with two attached hydrogens (primary N) is 1. The van der Waals surface area contributed by atoms with Crippen LogP contribution in [0.4, 0.5) is 0 Å². The smallest absolute Gasteiger partial charge is 0.232 e. The quantitative estimate of drug-likeness (QED) is 0.698. The van der Waals surface area contributed by atoms with Gasteiger partial charge in [-0.25, -0.2) is 0 Å². The Labute approximate surface area is 104 Å². The molecule has 16 heavy (non-hydrogen) atoms. The molecule has 0 heterocycles. The Balaban J connectivity index is 4.62. The fourth-order valence-corrected chi connectivity index (χ4v) is 2.08. The molecule has 4 heteroatoms. The van der Waals surface area contributed by atoms with Crippen LogP contribution >= 0.6 is 12.2 Å². The van der Waals surface area contributed by atoms with E-state index in [9.17, 15) is 4.79 Å². The highest BCUT2D eigenvalue weighted by atomic mass is 32.1. The van der Waals surface area contributed by atoms with Crippen LogP contribution in [-0.2, 0) is 4.79 Å². The lowest BCUT2D eigenvalue weighted by Crippen LogP contribution is -2.43. The number of rotatable bonds is 7. The second-order valence-corrected chi connectivity index (χ2v) is 4.87. The second-order valence-electron chi connectivity index (χ2n) is 4.40. The number of hydrogen-bond donors (Lipinski definition) is 1. The highest BCUT2D eigenvalue weighted by Crippen LogP contribution is 2.15. The fraction of sp³-hybridized carbons (Fsp3) is 0.833. The van der Waals surface area contributed by atoms with E-state index in [0.29, 0.717) is 4.99 Å². The third-order valence-electron chi connectivity index (χ3n) is 2.71. The van der Waals surface area contributed by atoms with Crippen molar-refractivity contribution in [1.29, 1.82) is 0 Å². The molecule has 0 radical (unpaired) electrons. The van der Waals surface area contributed by atoms with Crippen molar-refractivity contribution < 1.29 is 4.79 Å². The monoisotopic (exact) mass is 244 g/mol. The molecule has 0 aliphatic carbocycles. The van der Waals surface area contributed by atoms with Crippen LogP contribution in [0, 0.1) is 11.8 Å². The van der Waals surface area contributed by atoms with Crippen LogP contribution in [0.15, 0.2) is 0 Å². The van der Waals surface area contributed by atoms with E-state index in [1.54, 1.807) is 0 Å². The molecule has 0 aromatic carbocycles. The zero-order chi connectivity index (χ0) is 12.7. The number of carbonyl (C=O) groups is 1. The molecular formula is C12H24N2OS. The normalized spacial score (nSPS) is 12.6. The maximum atomic E-state index is 12.2. The Morgan fingerprint density at radius 1 is 1.38 bits per heavy atom. The molecule has 0 aliphatic rings. The maximum Gasteiger partial charge on any atom is 0.232 e. The maximum absolute atomic E-state index is 12.2. The predicted octanol–water partition coefficient (Wildman–Crippen LogP) is 2.19. The van der Waals surface area contributed by atoms with Crippen LogP contribution < -0.4 is 5.73 Å². The van der Waals surface area contributed by atoms with Gasteiger partial charge in [-0.1, -0.05) is 39.4 Å². The molecule has 0 aromatic rings. The third-order valence-corrected chi connectivity index (χ3v) is 2.97. The van der Waals surface area contributed by atoms with Crippen LogP contribution in [0.3, 0.4) is 0 Å². The molecule has 94 valence electrons. The van der Waals surface area contributed by atoms with Gasteiger partial charge in [0, 0.05) is 13.1 Å². The first-order valence-electron chi connectivity index (χ1n) is 6.03. The van der Waals surface area contributed by atoms with Gasteiger partial charge in [0.15, 0.2) is 0 Å². The van der Waals surface area contributed by atoms with Crippen molar-refractivity contribution in [2.75, 3.05) is 13.1 Å². The molecule has 0 aliphatic heterocycles. The molecule has 1 amide bonds. The zero-order valence-electron chi connectivity index (χ0n) is 10.8. The summed E-state index contributed by atoms with van der Waals surface area (Å²) in [6.45, 7) is 9.60. The highest BCUT2D eigenvalue weighted by molar-refractivity contribution is 7.80. The number of unbranched alkanes of at least 4 members (excludes halogenated alkanes) is 1. The molecule has 2 N–H and O–H groups in total. The van der Waals surface area contributed by atoms with Crippen molar-refractivity contribution in [3.8, 4) is 0 Å². The van der Waals surface area contributed by atoms with Crippen molar-refractivity contribution in [3.05, 3.63) is 0 Å². The van der Waals surface area contributed by atoms with Gasteiger partial charge in [0.05, 0.1) is 10.9 Å². The zero-order valence-corrected chi connectivity index (χ0v) is 11.6. The molecule has 0 saturated heterocycles. The standard InChI is InChI=1S/C12H24N2OS/c1-5-7-8-14(6-2)12(15)10(9(3)4)11(13)16/h9-10H,5-8H2,1-4H3,(H2,13,16). The largest absolute Gasteiger partial charge is 0.393 e. The predicted molar refractivity (Wildman–Crippen MR) is 72.3 cm³/mol. The minimum absolute atomic E-state index is 0.0819. The summed E-state index contributed by atoms with van der Waals surface area (Å²) in [6.07, 6.45) is 2.12. The average Bonchev–Trinajstić information content (AvgIpc) is 2.17. The third kappa shape index (κ3) is 4.47. The SMILES string of the molecule is CCCCN(CC)C(=O)C(C(N)=S)C(C)C. The number of amides is 1. The van der Waals surface area contributed by atoms with Crippen molar-refractivity contribution in [2.24, 2.45) is 17.6 Å². The van der Waals surface area contributed by atoms with Gasteiger partial charge in [-0.2, -0.15) is 0 Å². The Hall–Kier alpha value is -0.640. The van der Waals surface area contributed by atoms with Crippen molar-refractivity contribution in [3.63, 3.8) is 0 Å². The first kappa shape index (κ1) is 15.4. The summed E-state index contributed by atoms with van der Waals surface area (Å²) < 4.78 is 0. The summed E-state index contributed by atoms with van der Waals surface area (Å²) in [4.78, 5) is 14.4. The van der Waals surface area contributed by atoms with E-state index >= 15 is 0 Å². The lowest BCUT2D eigenvalue weighted by molar-refractivity contribution is -0.134. The molecule has 0 saturated carbocycles. The van der Waals surface area contributed by atoms with Crippen molar-refractivity contribution >= 4 is 23.1 Å². The van der Waals surface area contributed by atoms with Crippen molar-refractivity contribution in [1.82, 2.24) is 4.90 Å². The highest BCUT2D eigenvalue weighted by Gasteiger charge is 2.28. The van der Waals surface area contributed by atoms with Gasteiger partial charge >= 0.3 is 0 Å². The molecular weight excluding hydrogens is 220 g/mol. The van der Waals surface area contributed by atoms with Gasteiger partial charge in [-0.05, 0) is 19.3 Å². The van der Waals surface area contributed by atoms with Gasteiger partial charge in [-0.15, -0.1) is 0 Å². The molecule has 0 bridgehead atoms. The Morgan fingerprint density at radius 3 is 2.25 bits per heavy atom. The number of nitrogens with zero attached hydrogens (tertiary/aromatic N) is 1. The van der Waals surface area contributed by atoms with E-state index in [1.165, 1.54) is 0 Å². The average molecular weight is 244 g/mol. The van der Waals surface area contributed by atoms with E-state index < -0.39 is 0 Å². The number of carbonyl (C=O) groups excluding carboxylic acids is 1. The van der Waals surface area contributed by atoms with Crippen LogP contribution in [0.5, 0.6) is 0 Å². The van der Waals surface area contributed by atoms with Gasteiger partial charge < -0.3 is 10.6 Å². The van der Waals surface area contributed by atoms with Gasteiger partial charge in [0.25, 0.3) is 0 Å². The number of thiocarbonyl (C=S) groups is 1. The van der Waals surface area contributed by atoms with E-state index in [-0.39, 0.29) is 17.7 Å². The fourth-order valence-electron chi connectivity index (χ4n) is 1.71. The van der Waals surface area contributed by atoms with E-state index in [0.717, 1.165) is 25.9 Å². The molecule has 1 atom stereocenters. The Morgan fingerprint density at radius 2 is 1.94 bits per heavy atom. The molecule has 0 rings (SSSR count). The van der Waals surface area contributed by atoms with Gasteiger partial charge in [-0.3, -0.25) is 4.79 Å². The summed E-state index contributed by atoms with van der Waals surface area (Å²) in [5, 5.41) is 0. The van der Waals surface area contributed by atoms with E-state index in [4.69, 9.17) is 18.0 Å². The molecule has 0 spiro atoms. The van der Waals surface area contributed by atoms with Crippen LogP contribution in [0.25, 0.3) is 0 Å². The lowest BCUT2D eigenvalue weighted by Gasteiger charge is -2.27. The molecule has 3 nitrogen and oxygen atoms in total. The summed E-state index contributed by atoms with van der Waals surface area (Å²) in [7, 11) is 0. The summed E-state index contributed by atoms with van der Waals surface area (Å²) in [5.41, 5.74) is 5.64. The van der Waals surface area contributed by atoms with Crippen LogP contribution in [0.1, 0.15) is 40.5 Å². The van der Waals surface area contributed by atoms with Gasteiger partial charge in [0.1, 0.15) is 0 Å². The summed E-state index contributed by atoms with van der Waals surface area (Å²) >= 11 is 4.98. The Kier molecular flexibility index (Phi) is 7.30. The summed E-state index contributed by atoms with van der Waals surface area (Å²) in [5.74, 6) is -0.0640. The molecule has 1 unspecified atom stereocenters. The lowest BCUT2D eigenvalue weighted by atomic mass is 9.94. The molecule has 0 fully saturated rings. The van der Waals surface area contributed by atoms with Crippen molar-refractivity contribution in [2.45, 2.75) is 40.5 Å². The van der Waals surface area contributed by atoms with Crippen LogP contribution in [-0.4, -0.2) is 28.9 Å². The second kappa shape index (κ2) is 7.60. The minimum Gasteiger partial charge on any atom is -0.393 e. The Bertz CT molecular complexity index is 241. The van der Waals surface area contributed by atoms with E-state index in [1.807, 2.05) is 25.7 Å².